The number of amides is 2. The molecule has 0 aromatic carbocycles. The van der Waals surface area contributed by atoms with Crippen LogP contribution in [0.5, 0.6) is 5.75 Å². The van der Waals surface area contributed by atoms with Crippen molar-refractivity contribution >= 4 is 29.1 Å². The number of methoxy groups -OCH3 is 1. The van der Waals surface area contributed by atoms with Gasteiger partial charge in [-0.2, -0.15) is 15.0 Å². The molecule has 0 aliphatic rings. The Kier molecular flexibility index (Phi) is 5.95. The number of aryl methyl sites for hydroxylation is 1. The molecule has 0 saturated carbocycles. The SMILES string of the molecule is [2H]C([2H])([2H])NC(=O)c1nnc(NC(=O)CCCF)cc1Nc1nccc(-c2cnn(C)n2)c1OC. The number of ether oxygens (including phenoxy) is 1. The van der Waals surface area contributed by atoms with E-state index in [2.05, 4.69) is 36.0 Å². The van der Waals surface area contributed by atoms with Crippen molar-refractivity contribution in [2.24, 2.45) is 7.05 Å². The molecule has 0 atom stereocenters. The molecular formula is C19H22FN9O3. The summed E-state index contributed by atoms with van der Waals surface area (Å²) in [5, 5.41) is 23.0. The van der Waals surface area contributed by atoms with Gasteiger partial charge in [-0.05, 0) is 12.5 Å². The quantitative estimate of drug-likeness (QED) is 0.444. The fraction of sp³-hybridized carbons (Fsp3) is 0.316. The van der Waals surface area contributed by atoms with E-state index in [-0.39, 0.29) is 41.6 Å². The molecule has 0 aliphatic heterocycles. The summed E-state index contributed by atoms with van der Waals surface area (Å²) < 4.78 is 39.7. The normalized spacial score (nSPS) is 12.3. The molecule has 0 fully saturated rings. The van der Waals surface area contributed by atoms with Crippen molar-refractivity contribution in [2.75, 3.05) is 31.4 Å². The minimum atomic E-state index is -2.78. The molecule has 0 radical (unpaired) electrons. The van der Waals surface area contributed by atoms with Gasteiger partial charge in [-0.15, -0.1) is 10.2 Å². The predicted molar refractivity (Wildman–Crippen MR) is 113 cm³/mol. The number of pyridine rings is 1. The van der Waals surface area contributed by atoms with Crippen molar-refractivity contribution < 1.29 is 22.8 Å². The minimum Gasteiger partial charge on any atom is -0.492 e. The van der Waals surface area contributed by atoms with Crippen LogP contribution in [0.3, 0.4) is 0 Å². The number of nitrogens with zero attached hydrogens (tertiary/aromatic N) is 6. The van der Waals surface area contributed by atoms with Crippen LogP contribution in [0.2, 0.25) is 0 Å². The van der Waals surface area contributed by atoms with Gasteiger partial charge < -0.3 is 20.7 Å². The Bertz CT molecular complexity index is 1220. The first-order valence-corrected chi connectivity index (χ1v) is 9.34. The van der Waals surface area contributed by atoms with Gasteiger partial charge in [-0.3, -0.25) is 14.0 Å². The van der Waals surface area contributed by atoms with E-state index in [4.69, 9.17) is 8.85 Å². The lowest BCUT2D eigenvalue weighted by molar-refractivity contribution is -0.116. The van der Waals surface area contributed by atoms with E-state index >= 15 is 0 Å². The molecule has 168 valence electrons. The second kappa shape index (κ2) is 10.2. The third-order valence-corrected chi connectivity index (χ3v) is 4.16. The average Bonchev–Trinajstić information content (AvgIpc) is 3.22. The summed E-state index contributed by atoms with van der Waals surface area (Å²) in [4.78, 5) is 30.2. The van der Waals surface area contributed by atoms with Crippen LogP contribution >= 0.6 is 0 Å². The summed E-state index contributed by atoms with van der Waals surface area (Å²) in [7, 11) is 3.06. The molecule has 0 aliphatic carbocycles. The van der Waals surface area contributed by atoms with Crippen molar-refractivity contribution in [3.05, 3.63) is 30.2 Å². The molecule has 0 bridgehead atoms. The highest BCUT2D eigenvalue weighted by molar-refractivity contribution is 5.99. The van der Waals surface area contributed by atoms with Gasteiger partial charge >= 0.3 is 0 Å². The van der Waals surface area contributed by atoms with Crippen molar-refractivity contribution in [3.63, 3.8) is 0 Å². The first-order chi connectivity index (χ1) is 16.6. The zero-order chi connectivity index (χ0) is 25.6. The molecule has 0 spiro atoms. The molecule has 3 heterocycles. The smallest absolute Gasteiger partial charge is 0.273 e. The van der Waals surface area contributed by atoms with Gasteiger partial charge in [-0.1, -0.05) is 0 Å². The molecule has 32 heavy (non-hydrogen) atoms. The number of carbonyl (C=O) groups is 2. The fourth-order valence-electron chi connectivity index (χ4n) is 2.75. The molecule has 3 aromatic heterocycles. The van der Waals surface area contributed by atoms with Crippen molar-refractivity contribution in [3.8, 4) is 17.0 Å². The first kappa shape index (κ1) is 18.6. The Morgan fingerprint density at radius 2 is 2.19 bits per heavy atom. The highest BCUT2D eigenvalue weighted by Gasteiger charge is 2.20. The van der Waals surface area contributed by atoms with E-state index in [0.29, 0.717) is 11.3 Å². The van der Waals surface area contributed by atoms with Gasteiger partial charge in [-0.25, -0.2) is 4.98 Å². The van der Waals surface area contributed by atoms with Crippen LogP contribution in [-0.4, -0.2) is 62.7 Å². The van der Waals surface area contributed by atoms with Crippen LogP contribution < -0.4 is 20.7 Å². The average molecular weight is 446 g/mol. The number of rotatable bonds is 9. The number of alkyl halides is 1. The number of hydrogen-bond acceptors (Lipinski definition) is 9. The monoisotopic (exact) mass is 446 g/mol. The van der Waals surface area contributed by atoms with Crippen LogP contribution in [0, 0.1) is 0 Å². The zero-order valence-corrected chi connectivity index (χ0v) is 17.2. The molecule has 0 unspecified atom stereocenters. The van der Waals surface area contributed by atoms with E-state index in [1.807, 2.05) is 5.32 Å². The lowest BCUT2D eigenvalue weighted by Crippen LogP contribution is -2.22. The van der Waals surface area contributed by atoms with Crippen LogP contribution in [0.15, 0.2) is 24.5 Å². The highest BCUT2D eigenvalue weighted by Crippen LogP contribution is 2.35. The summed E-state index contributed by atoms with van der Waals surface area (Å²) in [6.45, 7) is -3.44. The van der Waals surface area contributed by atoms with E-state index < -0.39 is 25.5 Å². The number of carbonyl (C=O) groups excluding carboxylic acids is 2. The summed E-state index contributed by atoms with van der Waals surface area (Å²) >= 11 is 0. The molecule has 13 heteroatoms. The molecule has 2 amide bonds. The number of anilines is 3. The number of hydrogen-bond donors (Lipinski definition) is 3. The Balaban J connectivity index is 2.01. The lowest BCUT2D eigenvalue weighted by atomic mass is 10.2. The third-order valence-electron chi connectivity index (χ3n) is 4.16. The number of halogens is 1. The Morgan fingerprint density at radius 1 is 1.34 bits per heavy atom. The summed E-state index contributed by atoms with van der Waals surface area (Å²) in [6, 6.07) is 2.92. The Hall–Kier alpha value is -4.16. The van der Waals surface area contributed by atoms with E-state index in [1.54, 1.807) is 13.1 Å². The van der Waals surface area contributed by atoms with Crippen LogP contribution in [-0.2, 0) is 11.8 Å². The minimum absolute atomic E-state index is 0.0235. The second-order valence-electron chi connectivity index (χ2n) is 6.37. The van der Waals surface area contributed by atoms with Gasteiger partial charge in [0.05, 0.1) is 31.2 Å². The van der Waals surface area contributed by atoms with Crippen molar-refractivity contribution in [2.45, 2.75) is 12.8 Å². The molecule has 0 saturated heterocycles. The topological polar surface area (TPSA) is 149 Å². The van der Waals surface area contributed by atoms with E-state index in [9.17, 15) is 14.0 Å². The van der Waals surface area contributed by atoms with Crippen LogP contribution in [0.25, 0.3) is 11.3 Å². The summed E-state index contributed by atoms with van der Waals surface area (Å²) in [6.07, 6.45) is 2.93. The number of aromatic nitrogens is 6. The second-order valence-corrected chi connectivity index (χ2v) is 6.37. The largest absolute Gasteiger partial charge is 0.492 e. The predicted octanol–water partition coefficient (Wildman–Crippen LogP) is 1.47. The molecule has 3 rings (SSSR count). The maximum absolute atomic E-state index is 12.6. The molecule has 3 N–H and O–H groups in total. The Labute approximate surface area is 186 Å². The maximum Gasteiger partial charge on any atom is 0.273 e. The van der Waals surface area contributed by atoms with Gasteiger partial charge in [0.1, 0.15) is 5.69 Å². The van der Waals surface area contributed by atoms with E-state index in [1.165, 1.54) is 30.4 Å². The summed E-state index contributed by atoms with van der Waals surface area (Å²) in [5.41, 5.74) is 0.624. The Morgan fingerprint density at radius 3 is 2.88 bits per heavy atom. The van der Waals surface area contributed by atoms with E-state index in [0.717, 1.165) is 0 Å². The molecular weight excluding hydrogens is 421 g/mol. The maximum atomic E-state index is 12.6. The van der Waals surface area contributed by atoms with Crippen LogP contribution in [0.4, 0.5) is 21.7 Å². The first-order valence-electron chi connectivity index (χ1n) is 10.8. The van der Waals surface area contributed by atoms with Crippen LogP contribution in [0.1, 0.15) is 27.4 Å². The standard InChI is InChI=1S/C19H22FN9O3/c1-21-19(31)16-12(9-14(26-27-16)25-15(30)5-4-7-20)24-18-17(32-3)11(6-8-22-18)13-10-23-29(2)28-13/h6,8-10H,4-5,7H2,1-3H3,(H,21,31)(H2,22,24,25,26,30)/i1D3. The zero-order valence-electron chi connectivity index (χ0n) is 20.2. The summed E-state index contributed by atoms with van der Waals surface area (Å²) in [5.74, 6) is -1.21. The molecule has 12 nitrogen and oxygen atoms in total. The van der Waals surface area contributed by atoms with Crippen molar-refractivity contribution in [1.82, 2.24) is 35.5 Å². The van der Waals surface area contributed by atoms with Gasteiger partial charge in [0.25, 0.3) is 5.91 Å². The van der Waals surface area contributed by atoms with Gasteiger partial charge in [0.2, 0.25) is 5.91 Å². The lowest BCUT2D eigenvalue weighted by Gasteiger charge is -2.15. The van der Waals surface area contributed by atoms with Gasteiger partial charge in [0.15, 0.2) is 23.1 Å². The third kappa shape index (κ3) is 5.11. The van der Waals surface area contributed by atoms with Gasteiger partial charge in [0, 0.05) is 36.8 Å². The highest BCUT2D eigenvalue weighted by atomic mass is 19.1. The van der Waals surface area contributed by atoms with Crippen molar-refractivity contribution in [1.29, 1.82) is 0 Å². The fourth-order valence-corrected chi connectivity index (χ4v) is 2.75. The molecule has 3 aromatic rings. The number of nitrogens with one attached hydrogen (secondary N) is 3.